The molecule has 3 aromatic heterocycles. The van der Waals surface area contributed by atoms with Gasteiger partial charge in [0.15, 0.2) is 0 Å². The lowest BCUT2D eigenvalue weighted by atomic mass is 10.00. The molecule has 0 saturated carbocycles. The number of anilines is 1. The van der Waals surface area contributed by atoms with Crippen molar-refractivity contribution in [1.82, 2.24) is 24.2 Å². The molecule has 1 amide bonds. The molecule has 36 heavy (non-hydrogen) atoms. The highest BCUT2D eigenvalue weighted by Crippen LogP contribution is 2.31. The van der Waals surface area contributed by atoms with E-state index in [1.165, 1.54) is 0 Å². The summed E-state index contributed by atoms with van der Waals surface area (Å²) in [5.41, 5.74) is 2.45. The average Bonchev–Trinajstić information content (AvgIpc) is 3.33. The summed E-state index contributed by atoms with van der Waals surface area (Å²) in [4.78, 5) is 35.1. The summed E-state index contributed by atoms with van der Waals surface area (Å²) >= 11 is 0. The number of piperazine rings is 1. The van der Waals surface area contributed by atoms with Crippen LogP contribution in [0, 0.1) is 11.3 Å². The van der Waals surface area contributed by atoms with Crippen molar-refractivity contribution in [3.63, 3.8) is 0 Å². The van der Waals surface area contributed by atoms with Crippen LogP contribution in [0.5, 0.6) is 0 Å². The van der Waals surface area contributed by atoms with Crippen molar-refractivity contribution in [3.8, 4) is 6.07 Å². The Hall–Kier alpha value is -4.19. The van der Waals surface area contributed by atoms with Crippen molar-refractivity contribution in [2.24, 2.45) is 7.05 Å². The second-order valence-corrected chi connectivity index (χ2v) is 9.30. The first-order chi connectivity index (χ1) is 17.4. The van der Waals surface area contributed by atoms with Crippen LogP contribution in [0.1, 0.15) is 37.2 Å². The molecular weight excluding hydrogens is 454 g/mol. The zero-order valence-corrected chi connectivity index (χ0v) is 20.8. The second kappa shape index (κ2) is 9.46. The number of carbonyl (C=O) groups excluding carboxylic acids is 1. The topological polar surface area (TPSA) is 100 Å². The van der Waals surface area contributed by atoms with Crippen LogP contribution in [0.3, 0.4) is 0 Å². The first-order valence-corrected chi connectivity index (χ1v) is 12.3. The van der Waals surface area contributed by atoms with Gasteiger partial charge in [0, 0.05) is 49.9 Å². The number of nitrogens with zero attached hydrogens (tertiary/aromatic N) is 7. The fourth-order valence-electron chi connectivity index (χ4n) is 5.15. The highest BCUT2D eigenvalue weighted by Gasteiger charge is 2.37. The van der Waals surface area contributed by atoms with Gasteiger partial charge in [-0.25, -0.2) is 0 Å². The van der Waals surface area contributed by atoms with E-state index in [0.29, 0.717) is 29.8 Å². The Morgan fingerprint density at radius 3 is 2.58 bits per heavy atom. The zero-order chi connectivity index (χ0) is 25.4. The fourth-order valence-corrected chi connectivity index (χ4v) is 5.15. The van der Waals surface area contributed by atoms with Crippen LogP contribution in [0.25, 0.3) is 21.8 Å². The van der Waals surface area contributed by atoms with E-state index >= 15 is 0 Å². The quantitative estimate of drug-likeness (QED) is 0.432. The standard InChI is InChI=1S/C27H29N7O2/c1-4-20-16-34(27(36)22-12-18-8-6-7-9-19(18)14-29-22)21(5-2)15-33(20)23-13-25(35)31(3)24-17-32(11-10-28)30-26(23)24/h6-9,12-14,17,20-21H,4-5,11,15-16H2,1-3H3/t20-,21+/m0/s1. The summed E-state index contributed by atoms with van der Waals surface area (Å²) in [6, 6.07) is 13.5. The average molecular weight is 484 g/mol. The molecule has 0 spiro atoms. The summed E-state index contributed by atoms with van der Waals surface area (Å²) in [5.74, 6) is -0.0712. The third-order valence-electron chi connectivity index (χ3n) is 7.23. The van der Waals surface area contributed by atoms with Gasteiger partial charge >= 0.3 is 0 Å². The number of fused-ring (bicyclic) bond motifs is 2. The van der Waals surface area contributed by atoms with Crippen LogP contribution in [0.2, 0.25) is 0 Å². The highest BCUT2D eigenvalue weighted by atomic mass is 16.2. The van der Waals surface area contributed by atoms with E-state index in [0.717, 1.165) is 29.3 Å². The minimum Gasteiger partial charge on any atom is -0.363 e. The van der Waals surface area contributed by atoms with Crippen LogP contribution in [0.15, 0.2) is 53.6 Å². The summed E-state index contributed by atoms with van der Waals surface area (Å²) < 4.78 is 3.13. The predicted octanol–water partition coefficient (Wildman–Crippen LogP) is 3.33. The minimum absolute atomic E-state index is 0.00799. The summed E-state index contributed by atoms with van der Waals surface area (Å²) in [5, 5.41) is 15.8. The Morgan fingerprint density at radius 1 is 1.11 bits per heavy atom. The normalized spacial score (nSPS) is 18.1. The number of benzene rings is 1. The van der Waals surface area contributed by atoms with Gasteiger partial charge in [0.1, 0.15) is 17.8 Å². The number of rotatable bonds is 5. The van der Waals surface area contributed by atoms with Crippen LogP contribution >= 0.6 is 0 Å². The maximum Gasteiger partial charge on any atom is 0.272 e. The van der Waals surface area contributed by atoms with E-state index < -0.39 is 0 Å². The van der Waals surface area contributed by atoms with Crippen LogP contribution in [0.4, 0.5) is 5.69 Å². The van der Waals surface area contributed by atoms with E-state index in [1.807, 2.05) is 35.2 Å². The lowest BCUT2D eigenvalue weighted by molar-refractivity contribution is 0.0605. The maximum atomic E-state index is 13.6. The molecule has 0 radical (unpaired) electrons. The molecule has 1 aliphatic rings. The number of aromatic nitrogens is 4. The van der Waals surface area contributed by atoms with Crippen molar-refractivity contribution in [1.29, 1.82) is 5.26 Å². The number of hydrogen-bond donors (Lipinski definition) is 0. The predicted molar refractivity (Wildman–Crippen MR) is 139 cm³/mol. The largest absolute Gasteiger partial charge is 0.363 e. The summed E-state index contributed by atoms with van der Waals surface area (Å²) in [7, 11) is 1.71. The summed E-state index contributed by atoms with van der Waals surface area (Å²) in [6.45, 7) is 5.38. The van der Waals surface area contributed by atoms with Gasteiger partial charge in [-0.3, -0.25) is 19.3 Å². The molecule has 4 aromatic rings. The van der Waals surface area contributed by atoms with Crippen molar-refractivity contribution in [2.75, 3.05) is 18.0 Å². The Labute approximate surface area is 209 Å². The molecule has 4 heterocycles. The SMILES string of the molecule is CC[C@@H]1CN(c2cc(=O)n(C)c3cn(CC#N)nc23)[C@@H](CC)CN1C(=O)c1cc2ccccc2cn1. The van der Waals surface area contributed by atoms with E-state index in [-0.39, 0.29) is 30.1 Å². The van der Waals surface area contributed by atoms with E-state index in [9.17, 15) is 9.59 Å². The third-order valence-corrected chi connectivity index (χ3v) is 7.23. The van der Waals surface area contributed by atoms with Crippen molar-refractivity contribution < 1.29 is 4.79 Å². The van der Waals surface area contributed by atoms with Crippen molar-refractivity contribution in [3.05, 3.63) is 64.8 Å². The highest BCUT2D eigenvalue weighted by molar-refractivity contribution is 5.97. The number of nitriles is 1. The number of carbonyl (C=O) groups is 1. The van der Waals surface area contributed by atoms with Crippen LogP contribution < -0.4 is 10.5 Å². The summed E-state index contributed by atoms with van der Waals surface area (Å²) in [6.07, 6.45) is 5.06. The number of hydrogen-bond acceptors (Lipinski definition) is 6. The lowest BCUT2D eigenvalue weighted by Crippen LogP contribution is -2.60. The van der Waals surface area contributed by atoms with Crippen LogP contribution in [-0.2, 0) is 13.6 Å². The molecule has 9 heteroatoms. The van der Waals surface area contributed by atoms with Gasteiger partial charge in [0.2, 0.25) is 0 Å². The van der Waals surface area contributed by atoms with Gasteiger partial charge < -0.3 is 14.4 Å². The molecule has 5 rings (SSSR count). The van der Waals surface area contributed by atoms with Gasteiger partial charge in [-0.05, 0) is 24.3 Å². The minimum atomic E-state index is -0.129. The van der Waals surface area contributed by atoms with Gasteiger partial charge in [0.05, 0.1) is 23.5 Å². The van der Waals surface area contributed by atoms with Crippen molar-refractivity contribution in [2.45, 2.75) is 45.3 Å². The molecule has 1 fully saturated rings. The molecule has 9 nitrogen and oxygen atoms in total. The molecule has 1 saturated heterocycles. The second-order valence-electron chi connectivity index (χ2n) is 9.30. The molecule has 2 atom stereocenters. The maximum absolute atomic E-state index is 13.6. The molecule has 0 bridgehead atoms. The molecule has 0 unspecified atom stereocenters. The van der Waals surface area contributed by atoms with Gasteiger partial charge in [-0.15, -0.1) is 0 Å². The number of amides is 1. The molecule has 1 aliphatic heterocycles. The van der Waals surface area contributed by atoms with Gasteiger partial charge in [-0.1, -0.05) is 38.1 Å². The van der Waals surface area contributed by atoms with Crippen LogP contribution in [-0.4, -0.2) is 55.3 Å². The van der Waals surface area contributed by atoms with E-state index in [2.05, 4.69) is 34.9 Å². The smallest absolute Gasteiger partial charge is 0.272 e. The third kappa shape index (κ3) is 3.98. The Balaban J connectivity index is 1.51. The van der Waals surface area contributed by atoms with E-state index in [1.54, 1.807) is 34.8 Å². The number of pyridine rings is 2. The molecule has 184 valence electrons. The number of aryl methyl sites for hydroxylation is 1. The molecule has 0 aliphatic carbocycles. The van der Waals surface area contributed by atoms with Gasteiger partial charge in [-0.2, -0.15) is 10.4 Å². The Bertz CT molecular complexity index is 1550. The Morgan fingerprint density at radius 2 is 1.86 bits per heavy atom. The van der Waals surface area contributed by atoms with E-state index in [4.69, 9.17) is 5.26 Å². The van der Waals surface area contributed by atoms with Gasteiger partial charge in [0.25, 0.3) is 11.5 Å². The lowest BCUT2D eigenvalue weighted by Gasteiger charge is -2.47. The first-order valence-electron chi connectivity index (χ1n) is 12.3. The zero-order valence-electron chi connectivity index (χ0n) is 20.8. The fraction of sp³-hybridized carbons (Fsp3) is 0.370. The van der Waals surface area contributed by atoms with Crippen molar-refractivity contribution >= 4 is 33.4 Å². The Kier molecular flexibility index (Phi) is 6.18. The first kappa shape index (κ1) is 23.5. The molecule has 1 aromatic carbocycles. The molecular formula is C27H29N7O2. The monoisotopic (exact) mass is 483 g/mol. The molecule has 0 N–H and O–H groups in total.